The lowest BCUT2D eigenvalue weighted by Gasteiger charge is -2.38. The van der Waals surface area contributed by atoms with Crippen LogP contribution in [-0.2, 0) is 6.54 Å². The van der Waals surface area contributed by atoms with E-state index in [1.54, 1.807) is 6.07 Å². The molecule has 1 aromatic heterocycles. The summed E-state index contributed by atoms with van der Waals surface area (Å²) in [6, 6.07) is 13.4. The molecule has 1 aliphatic rings. The Kier molecular flexibility index (Phi) is 8.20. The van der Waals surface area contributed by atoms with Crippen LogP contribution in [-0.4, -0.2) is 54.7 Å². The first-order valence-electron chi connectivity index (χ1n) is 10.8. The van der Waals surface area contributed by atoms with Crippen molar-refractivity contribution in [2.45, 2.75) is 33.2 Å². The molecule has 0 bridgehead atoms. The molecule has 0 spiro atoms. The van der Waals surface area contributed by atoms with Crippen LogP contribution < -0.4 is 15.8 Å². The maximum absolute atomic E-state index is 12.0. The Morgan fingerprint density at radius 1 is 1.07 bits per heavy atom. The van der Waals surface area contributed by atoms with Gasteiger partial charge < -0.3 is 19.7 Å². The van der Waals surface area contributed by atoms with E-state index in [9.17, 15) is 4.79 Å². The third-order valence-corrected chi connectivity index (χ3v) is 5.75. The number of aromatic nitrogens is 1. The summed E-state index contributed by atoms with van der Waals surface area (Å²) in [5.41, 5.74) is 2.19. The van der Waals surface area contributed by atoms with Gasteiger partial charge in [-0.25, -0.2) is 0 Å². The number of halogens is 1. The van der Waals surface area contributed by atoms with E-state index in [0.717, 1.165) is 81.0 Å². The Bertz CT molecular complexity index is 902. The minimum Gasteiger partial charge on any atom is -0.367 e. The van der Waals surface area contributed by atoms with Crippen molar-refractivity contribution in [1.29, 1.82) is 0 Å². The molecule has 162 valence electrons. The van der Waals surface area contributed by atoms with Gasteiger partial charge in [-0.05, 0) is 44.9 Å². The predicted octanol–water partition coefficient (Wildman–Crippen LogP) is 3.38. The zero-order chi connectivity index (χ0) is 21.3. The highest BCUT2D eigenvalue weighted by Gasteiger charge is 2.20. The number of guanidine groups is 1. The van der Waals surface area contributed by atoms with Crippen molar-refractivity contribution in [2.24, 2.45) is 4.99 Å². The highest BCUT2D eigenvalue weighted by molar-refractivity contribution is 6.33. The fourth-order valence-electron chi connectivity index (χ4n) is 3.77. The van der Waals surface area contributed by atoms with E-state index in [-0.39, 0.29) is 5.56 Å². The lowest BCUT2D eigenvalue weighted by molar-refractivity contribution is 0.372. The van der Waals surface area contributed by atoms with Crippen LogP contribution in [0.25, 0.3) is 0 Å². The van der Waals surface area contributed by atoms with Gasteiger partial charge in [-0.1, -0.05) is 29.8 Å². The van der Waals surface area contributed by atoms with Gasteiger partial charge in [-0.15, -0.1) is 0 Å². The topological polar surface area (TPSA) is 52.9 Å². The number of rotatable bonds is 7. The molecule has 3 rings (SSSR count). The van der Waals surface area contributed by atoms with Crippen molar-refractivity contribution >= 4 is 23.2 Å². The molecule has 0 unspecified atom stereocenters. The third kappa shape index (κ3) is 5.79. The number of hydrogen-bond acceptors (Lipinski definition) is 3. The van der Waals surface area contributed by atoms with E-state index in [1.165, 1.54) is 0 Å². The Hall–Kier alpha value is -2.47. The maximum Gasteiger partial charge on any atom is 0.250 e. The van der Waals surface area contributed by atoms with Crippen LogP contribution >= 0.6 is 11.6 Å². The molecule has 1 N–H and O–H groups in total. The van der Waals surface area contributed by atoms with Crippen molar-refractivity contribution < 1.29 is 0 Å². The number of hydrogen-bond donors (Lipinski definition) is 1. The van der Waals surface area contributed by atoms with Gasteiger partial charge in [-0.2, -0.15) is 0 Å². The van der Waals surface area contributed by atoms with Crippen LogP contribution in [0.15, 0.2) is 52.3 Å². The fourth-order valence-corrected chi connectivity index (χ4v) is 4.03. The molecule has 1 aliphatic heterocycles. The van der Waals surface area contributed by atoms with Crippen LogP contribution in [0, 0.1) is 6.92 Å². The predicted molar refractivity (Wildman–Crippen MR) is 126 cm³/mol. The van der Waals surface area contributed by atoms with Crippen LogP contribution in [0.2, 0.25) is 5.02 Å². The molecule has 6 nitrogen and oxygen atoms in total. The Balaban J connectivity index is 1.50. The highest BCUT2D eigenvalue weighted by atomic mass is 35.5. The number of anilines is 1. The number of piperazine rings is 1. The number of nitrogens with zero attached hydrogens (tertiary/aromatic N) is 4. The largest absolute Gasteiger partial charge is 0.367 e. The lowest BCUT2D eigenvalue weighted by atomic mass is 10.2. The minimum atomic E-state index is 0.0724. The summed E-state index contributed by atoms with van der Waals surface area (Å²) in [6.45, 7) is 10.1. The van der Waals surface area contributed by atoms with Gasteiger partial charge in [0.2, 0.25) is 0 Å². The van der Waals surface area contributed by atoms with Crippen LogP contribution in [0.3, 0.4) is 0 Å². The van der Waals surface area contributed by atoms with E-state index >= 15 is 0 Å². The quantitative estimate of drug-likeness (QED) is 0.416. The molecule has 2 aromatic rings. The summed E-state index contributed by atoms with van der Waals surface area (Å²) in [4.78, 5) is 21.4. The van der Waals surface area contributed by atoms with Crippen molar-refractivity contribution in [2.75, 3.05) is 44.2 Å². The molecule has 7 heteroatoms. The summed E-state index contributed by atoms with van der Waals surface area (Å²) in [6.07, 6.45) is 1.89. The molecule has 1 saturated heterocycles. The van der Waals surface area contributed by atoms with E-state index in [2.05, 4.69) is 28.1 Å². The summed E-state index contributed by atoms with van der Waals surface area (Å²) < 4.78 is 1.84. The van der Waals surface area contributed by atoms with Gasteiger partial charge in [0.15, 0.2) is 5.96 Å². The van der Waals surface area contributed by atoms with Crippen LogP contribution in [0.4, 0.5) is 5.69 Å². The van der Waals surface area contributed by atoms with E-state index < -0.39 is 0 Å². The number of nitrogens with one attached hydrogen (secondary N) is 1. The molecule has 0 radical (unpaired) electrons. The van der Waals surface area contributed by atoms with Gasteiger partial charge in [0.25, 0.3) is 5.56 Å². The number of benzene rings is 1. The minimum absolute atomic E-state index is 0.0724. The zero-order valence-electron chi connectivity index (χ0n) is 18.0. The molecule has 1 fully saturated rings. The third-order valence-electron chi connectivity index (χ3n) is 5.43. The summed E-state index contributed by atoms with van der Waals surface area (Å²) in [7, 11) is 0. The van der Waals surface area contributed by atoms with Gasteiger partial charge in [0.1, 0.15) is 0 Å². The molecular weight excluding hydrogens is 398 g/mol. The van der Waals surface area contributed by atoms with Gasteiger partial charge in [-0.3, -0.25) is 9.79 Å². The monoisotopic (exact) mass is 429 g/mol. The molecule has 30 heavy (non-hydrogen) atoms. The molecule has 0 atom stereocenters. The van der Waals surface area contributed by atoms with E-state index in [1.807, 2.05) is 41.8 Å². The van der Waals surface area contributed by atoms with Crippen molar-refractivity contribution in [3.8, 4) is 0 Å². The van der Waals surface area contributed by atoms with E-state index in [0.29, 0.717) is 0 Å². The maximum atomic E-state index is 12.0. The second-order valence-corrected chi connectivity index (χ2v) is 7.93. The normalized spacial score (nSPS) is 14.8. The lowest BCUT2D eigenvalue weighted by Crippen LogP contribution is -2.52. The standard InChI is InChI=1S/C23H32ClN5O/c1-3-25-23(26-13-6-7-14-29-19(2)9-8-12-22(29)30)28-17-15-27(16-18-28)21-11-5-4-10-20(21)24/h4-5,8-12H,3,6-7,13-18H2,1-2H3,(H,25,26). The smallest absolute Gasteiger partial charge is 0.250 e. The number of aliphatic imine (C=N–C) groups is 1. The van der Waals surface area contributed by atoms with E-state index in [4.69, 9.17) is 16.6 Å². The van der Waals surface area contributed by atoms with Crippen LogP contribution in [0.1, 0.15) is 25.5 Å². The first-order chi connectivity index (χ1) is 14.6. The fraction of sp³-hybridized carbons (Fsp3) is 0.478. The summed E-state index contributed by atoms with van der Waals surface area (Å²) >= 11 is 6.36. The Morgan fingerprint density at radius 3 is 2.53 bits per heavy atom. The second kappa shape index (κ2) is 11.1. The molecule has 1 aromatic carbocycles. The second-order valence-electron chi connectivity index (χ2n) is 7.53. The SMILES string of the molecule is CCNC(=NCCCCn1c(C)cccc1=O)N1CCN(c2ccccc2Cl)CC1. The molecule has 0 saturated carbocycles. The summed E-state index contributed by atoms with van der Waals surface area (Å²) in [5.74, 6) is 0.976. The zero-order valence-corrected chi connectivity index (χ0v) is 18.7. The van der Waals surface area contributed by atoms with Crippen LogP contribution in [0.5, 0.6) is 0 Å². The Morgan fingerprint density at radius 2 is 1.83 bits per heavy atom. The first kappa shape index (κ1) is 22.2. The number of aryl methyl sites for hydroxylation is 1. The molecular formula is C23H32ClN5O. The highest BCUT2D eigenvalue weighted by Crippen LogP contribution is 2.26. The van der Waals surface area contributed by atoms with Gasteiger partial charge in [0.05, 0.1) is 10.7 Å². The van der Waals surface area contributed by atoms with Gasteiger partial charge >= 0.3 is 0 Å². The van der Waals surface area contributed by atoms with Crippen molar-refractivity contribution in [3.05, 3.63) is 63.5 Å². The number of pyridine rings is 1. The average molecular weight is 430 g/mol. The first-order valence-corrected chi connectivity index (χ1v) is 11.2. The number of para-hydroxylation sites is 1. The molecule has 0 amide bonds. The van der Waals surface area contributed by atoms with Crippen molar-refractivity contribution in [3.63, 3.8) is 0 Å². The van der Waals surface area contributed by atoms with Gasteiger partial charge in [0, 0.05) is 57.6 Å². The summed E-state index contributed by atoms with van der Waals surface area (Å²) in [5, 5.41) is 4.23. The van der Waals surface area contributed by atoms with Crippen molar-refractivity contribution in [1.82, 2.24) is 14.8 Å². The number of unbranched alkanes of at least 4 members (excludes halogenated alkanes) is 1. The average Bonchev–Trinajstić information content (AvgIpc) is 2.75. The molecule has 2 heterocycles. The molecule has 0 aliphatic carbocycles. The Labute approximate surface area is 184 Å².